The summed E-state index contributed by atoms with van der Waals surface area (Å²) in [7, 11) is 1.51. The van der Waals surface area contributed by atoms with Crippen LogP contribution in [0.5, 0.6) is 11.5 Å². The van der Waals surface area contributed by atoms with E-state index in [1.54, 1.807) is 12.1 Å². The molecule has 0 radical (unpaired) electrons. The average molecular weight is 409 g/mol. The van der Waals surface area contributed by atoms with Crippen LogP contribution in [0.2, 0.25) is 0 Å². The van der Waals surface area contributed by atoms with Gasteiger partial charge in [0.2, 0.25) is 0 Å². The largest absolute Gasteiger partial charge is 0.493 e. The van der Waals surface area contributed by atoms with Gasteiger partial charge in [0.15, 0.2) is 29.0 Å². The maximum atomic E-state index is 12.2. The number of cyclic esters (lactones) is 1. The van der Waals surface area contributed by atoms with Gasteiger partial charge in [-0.3, -0.25) is 14.4 Å². The van der Waals surface area contributed by atoms with E-state index in [0.717, 1.165) is 6.08 Å². The summed E-state index contributed by atoms with van der Waals surface area (Å²) in [5.41, 5.74) is 0.642. The standard InChI is InChI=1S/C18H17BrO6/c1-4-24-17-12(19)8-11(9-15(17)23-3)5-6-13(20)16-14(21)7-10(2)25-18(16)22/h5-9,16H,4H2,1-3H3/b6-5+. The van der Waals surface area contributed by atoms with Crippen molar-refractivity contribution >= 4 is 39.5 Å². The van der Waals surface area contributed by atoms with E-state index in [1.807, 2.05) is 6.92 Å². The highest BCUT2D eigenvalue weighted by atomic mass is 79.9. The van der Waals surface area contributed by atoms with Gasteiger partial charge in [-0.1, -0.05) is 6.08 Å². The summed E-state index contributed by atoms with van der Waals surface area (Å²) in [6.45, 7) is 3.81. The van der Waals surface area contributed by atoms with Gasteiger partial charge in [-0.25, -0.2) is 0 Å². The van der Waals surface area contributed by atoms with Gasteiger partial charge in [0.1, 0.15) is 5.76 Å². The van der Waals surface area contributed by atoms with Crippen molar-refractivity contribution in [1.29, 1.82) is 0 Å². The predicted octanol–water partition coefficient (Wildman–Crippen LogP) is 3.08. The van der Waals surface area contributed by atoms with Gasteiger partial charge in [0.05, 0.1) is 18.2 Å². The smallest absolute Gasteiger partial charge is 0.329 e. The minimum Gasteiger partial charge on any atom is -0.493 e. The first kappa shape index (κ1) is 18.9. The second-order valence-corrected chi connectivity index (χ2v) is 6.07. The normalized spacial score (nSPS) is 17.3. The maximum Gasteiger partial charge on any atom is 0.329 e. The van der Waals surface area contributed by atoms with Crippen molar-refractivity contribution in [2.45, 2.75) is 13.8 Å². The lowest BCUT2D eigenvalue weighted by Gasteiger charge is -2.15. The lowest BCUT2D eigenvalue weighted by atomic mass is 9.96. The third-order valence-electron chi connectivity index (χ3n) is 3.39. The third-order valence-corrected chi connectivity index (χ3v) is 3.98. The minimum atomic E-state index is -1.45. The summed E-state index contributed by atoms with van der Waals surface area (Å²) in [6.07, 6.45) is 3.82. The van der Waals surface area contributed by atoms with Crippen LogP contribution in [0.3, 0.4) is 0 Å². The first-order valence-electron chi connectivity index (χ1n) is 7.53. The Morgan fingerprint density at radius 2 is 2.08 bits per heavy atom. The number of carbonyl (C=O) groups excluding carboxylic acids is 3. The number of ether oxygens (including phenoxy) is 3. The summed E-state index contributed by atoms with van der Waals surface area (Å²) >= 11 is 3.39. The average Bonchev–Trinajstić information content (AvgIpc) is 2.54. The van der Waals surface area contributed by atoms with Gasteiger partial charge < -0.3 is 14.2 Å². The molecule has 0 aliphatic carbocycles. The van der Waals surface area contributed by atoms with Crippen molar-refractivity contribution in [2.24, 2.45) is 5.92 Å². The zero-order valence-electron chi connectivity index (χ0n) is 14.0. The van der Waals surface area contributed by atoms with Crippen molar-refractivity contribution in [1.82, 2.24) is 0 Å². The van der Waals surface area contributed by atoms with Crippen LogP contribution in [-0.2, 0) is 19.1 Å². The molecule has 0 aromatic heterocycles. The Balaban J connectivity index is 2.24. The van der Waals surface area contributed by atoms with Gasteiger partial charge in [-0.05, 0) is 53.5 Å². The summed E-state index contributed by atoms with van der Waals surface area (Å²) in [5.74, 6) is -2.28. The van der Waals surface area contributed by atoms with E-state index in [0.29, 0.717) is 28.1 Å². The molecule has 0 N–H and O–H groups in total. The maximum absolute atomic E-state index is 12.2. The van der Waals surface area contributed by atoms with E-state index in [1.165, 1.54) is 26.2 Å². The fourth-order valence-electron chi connectivity index (χ4n) is 2.30. The van der Waals surface area contributed by atoms with Crippen LogP contribution in [0.15, 0.2) is 34.5 Å². The number of allylic oxidation sites excluding steroid dienone is 3. The first-order chi connectivity index (χ1) is 11.9. The Bertz CT molecular complexity index is 778. The molecule has 25 heavy (non-hydrogen) atoms. The molecule has 1 atom stereocenters. The zero-order chi connectivity index (χ0) is 18.6. The highest BCUT2D eigenvalue weighted by Gasteiger charge is 2.36. The number of rotatable bonds is 6. The number of carbonyl (C=O) groups is 3. The highest BCUT2D eigenvalue weighted by molar-refractivity contribution is 9.10. The third kappa shape index (κ3) is 4.36. The molecule has 1 aromatic carbocycles. The molecule has 1 aromatic rings. The van der Waals surface area contributed by atoms with Crippen molar-refractivity contribution in [3.05, 3.63) is 40.1 Å². The fourth-order valence-corrected chi connectivity index (χ4v) is 2.87. The number of halogens is 1. The van der Waals surface area contributed by atoms with Crippen molar-refractivity contribution in [2.75, 3.05) is 13.7 Å². The second-order valence-electron chi connectivity index (χ2n) is 5.21. The highest BCUT2D eigenvalue weighted by Crippen LogP contribution is 2.37. The molecule has 1 unspecified atom stereocenters. The van der Waals surface area contributed by atoms with Gasteiger partial charge in [-0.2, -0.15) is 0 Å². The number of methoxy groups -OCH3 is 1. The lowest BCUT2D eigenvalue weighted by Crippen LogP contribution is -2.34. The van der Waals surface area contributed by atoms with E-state index in [4.69, 9.17) is 14.2 Å². The monoisotopic (exact) mass is 408 g/mol. The summed E-state index contributed by atoms with van der Waals surface area (Å²) < 4.78 is 16.3. The van der Waals surface area contributed by atoms with Crippen LogP contribution in [0.4, 0.5) is 0 Å². The lowest BCUT2D eigenvalue weighted by molar-refractivity contribution is -0.151. The molecule has 1 aliphatic rings. The number of benzene rings is 1. The summed E-state index contributed by atoms with van der Waals surface area (Å²) in [6, 6.07) is 3.42. The molecule has 0 saturated carbocycles. The zero-order valence-corrected chi connectivity index (χ0v) is 15.6. The first-order valence-corrected chi connectivity index (χ1v) is 8.32. The van der Waals surface area contributed by atoms with Crippen LogP contribution in [0, 0.1) is 5.92 Å². The van der Waals surface area contributed by atoms with E-state index < -0.39 is 23.5 Å². The molecule has 6 nitrogen and oxygen atoms in total. The quantitative estimate of drug-likeness (QED) is 0.408. The van der Waals surface area contributed by atoms with Gasteiger partial charge in [-0.15, -0.1) is 0 Å². The van der Waals surface area contributed by atoms with E-state index in [9.17, 15) is 14.4 Å². The molecule has 1 aliphatic heterocycles. The predicted molar refractivity (Wildman–Crippen MR) is 94.3 cm³/mol. The molecule has 0 spiro atoms. The van der Waals surface area contributed by atoms with Crippen LogP contribution >= 0.6 is 15.9 Å². The molecule has 0 bridgehead atoms. The number of hydrogen-bond acceptors (Lipinski definition) is 6. The van der Waals surface area contributed by atoms with Crippen molar-refractivity contribution < 1.29 is 28.6 Å². The number of hydrogen-bond donors (Lipinski definition) is 0. The number of ketones is 2. The van der Waals surface area contributed by atoms with Crippen LogP contribution in [0.25, 0.3) is 6.08 Å². The van der Waals surface area contributed by atoms with Crippen molar-refractivity contribution in [3.63, 3.8) is 0 Å². The Labute approximate surface area is 153 Å². The Kier molecular flexibility index (Phi) is 6.14. The molecule has 132 valence electrons. The summed E-state index contributed by atoms with van der Waals surface area (Å²) in [4.78, 5) is 35.8. The summed E-state index contributed by atoms with van der Waals surface area (Å²) in [5, 5.41) is 0. The molecule has 0 saturated heterocycles. The SMILES string of the molecule is CCOc1c(Br)cc(/C=C/C(=O)C2C(=O)C=C(C)OC2=O)cc1OC. The molecule has 2 rings (SSSR count). The van der Waals surface area contributed by atoms with E-state index in [-0.39, 0.29) is 5.76 Å². The van der Waals surface area contributed by atoms with Crippen LogP contribution < -0.4 is 9.47 Å². The van der Waals surface area contributed by atoms with E-state index >= 15 is 0 Å². The molecular formula is C18H17BrO6. The second kappa shape index (κ2) is 8.11. The topological polar surface area (TPSA) is 78.9 Å². The fraction of sp³-hybridized carbons (Fsp3) is 0.278. The van der Waals surface area contributed by atoms with Gasteiger partial charge in [0, 0.05) is 6.08 Å². The van der Waals surface area contributed by atoms with Crippen LogP contribution in [0.1, 0.15) is 19.4 Å². The molecule has 7 heteroatoms. The molecular weight excluding hydrogens is 392 g/mol. The Hall–Kier alpha value is -2.41. The Morgan fingerprint density at radius 1 is 1.36 bits per heavy atom. The Morgan fingerprint density at radius 3 is 2.68 bits per heavy atom. The van der Waals surface area contributed by atoms with Gasteiger partial charge >= 0.3 is 5.97 Å². The van der Waals surface area contributed by atoms with Crippen LogP contribution in [-0.4, -0.2) is 31.3 Å². The van der Waals surface area contributed by atoms with E-state index in [2.05, 4.69) is 15.9 Å². The molecule has 1 heterocycles. The molecule has 0 fully saturated rings. The molecule has 0 amide bonds. The minimum absolute atomic E-state index is 0.184. The number of esters is 1. The van der Waals surface area contributed by atoms with Gasteiger partial charge in [0.25, 0.3) is 0 Å². The van der Waals surface area contributed by atoms with Crippen molar-refractivity contribution in [3.8, 4) is 11.5 Å².